The molecule has 6 nitrogen and oxygen atoms in total. The Balaban J connectivity index is 2.19. The molecule has 1 amide bonds. The van der Waals surface area contributed by atoms with Crippen molar-refractivity contribution in [2.24, 2.45) is 5.92 Å². The number of aromatic amines is 1. The van der Waals surface area contributed by atoms with Gasteiger partial charge < -0.3 is 10.1 Å². The Morgan fingerprint density at radius 2 is 1.86 bits per heavy atom. The van der Waals surface area contributed by atoms with Crippen LogP contribution in [0.4, 0.5) is 0 Å². The Kier molecular flexibility index (Phi) is 4.93. The number of carbonyl (C=O) groups is 1. The van der Waals surface area contributed by atoms with E-state index in [2.05, 4.69) is 15.5 Å². The molecule has 0 aliphatic carbocycles. The summed E-state index contributed by atoms with van der Waals surface area (Å²) in [5.74, 6) is 0.630. The number of methoxy groups -OCH3 is 1. The monoisotopic (exact) mass is 301 g/mol. The van der Waals surface area contributed by atoms with E-state index in [-0.39, 0.29) is 29.1 Å². The number of amides is 1. The lowest BCUT2D eigenvalue weighted by Gasteiger charge is -2.23. The van der Waals surface area contributed by atoms with Gasteiger partial charge in [-0.15, -0.1) is 0 Å². The number of aromatic nitrogens is 2. The minimum Gasteiger partial charge on any atom is -0.497 e. The largest absolute Gasteiger partial charge is 0.497 e. The van der Waals surface area contributed by atoms with Crippen molar-refractivity contribution < 1.29 is 9.53 Å². The fourth-order valence-corrected chi connectivity index (χ4v) is 2.13. The summed E-state index contributed by atoms with van der Waals surface area (Å²) in [5.41, 5.74) is 0.819. The van der Waals surface area contributed by atoms with E-state index in [9.17, 15) is 9.59 Å². The zero-order chi connectivity index (χ0) is 16.1. The second-order valence-corrected chi connectivity index (χ2v) is 5.27. The quantitative estimate of drug-likeness (QED) is 0.883. The maximum atomic E-state index is 12.2. The molecule has 0 spiro atoms. The van der Waals surface area contributed by atoms with Crippen LogP contribution in [-0.4, -0.2) is 23.2 Å². The zero-order valence-electron chi connectivity index (χ0n) is 12.8. The van der Waals surface area contributed by atoms with Crippen molar-refractivity contribution in [2.45, 2.75) is 19.9 Å². The second-order valence-electron chi connectivity index (χ2n) is 5.27. The first-order valence-corrected chi connectivity index (χ1v) is 7.02. The van der Waals surface area contributed by atoms with Crippen LogP contribution in [0.25, 0.3) is 0 Å². The SMILES string of the molecule is COc1ccc(C(NC(=O)c2ccc(=O)[nH]n2)C(C)C)cc1. The highest BCUT2D eigenvalue weighted by Crippen LogP contribution is 2.24. The van der Waals surface area contributed by atoms with E-state index in [1.54, 1.807) is 7.11 Å². The Morgan fingerprint density at radius 3 is 2.36 bits per heavy atom. The van der Waals surface area contributed by atoms with Crippen LogP contribution in [0.1, 0.15) is 35.9 Å². The van der Waals surface area contributed by atoms with Gasteiger partial charge in [-0.3, -0.25) is 9.59 Å². The minimum atomic E-state index is -0.341. The number of hydrogen-bond acceptors (Lipinski definition) is 4. The molecule has 6 heteroatoms. The van der Waals surface area contributed by atoms with Crippen molar-refractivity contribution in [3.63, 3.8) is 0 Å². The van der Waals surface area contributed by atoms with Crippen molar-refractivity contribution in [2.75, 3.05) is 7.11 Å². The molecule has 2 rings (SSSR count). The standard InChI is InChI=1S/C16H19N3O3/c1-10(2)15(11-4-6-12(22-3)7-5-11)17-16(21)13-8-9-14(20)19-18-13/h4-10,15H,1-3H3,(H,17,21)(H,19,20). The molecule has 22 heavy (non-hydrogen) atoms. The van der Waals surface area contributed by atoms with E-state index in [0.29, 0.717) is 0 Å². The van der Waals surface area contributed by atoms with Crippen LogP contribution in [0.2, 0.25) is 0 Å². The van der Waals surface area contributed by atoms with Gasteiger partial charge in [0, 0.05) is 6.07 Å². The van der Waals surface area contributed by atoms with E-state index in [4.69, 9.17) is 4.74 Å². The highest BCUT2D eigenvalue weighted by molar-refractivity contribution is 5.92. The molecule has 0 radical (unpaired) electrons. The Bertz CT molecular complexity index is 672. The third kappa shape index (κ3) is 3.72. The number of hydrogen-bond donors (Lipinski definition) is 2. The van der Waals surface area contributed by atoms with Crippen LogP contribution in [0, 0.1) is 5.92 Å². The summed E-state index contributed by atoms with van der Waals surface area (Å²) in [5, 5.41) is 8.94. The average molecular weight is 301 g/mol. The molecule has 0 fully saturated rings. The van der Waals surface area contributed by atoms with Gasteiger partial charge in [-0.2, -0.15) is 5.10 Å². The molecule has 1 unspecified atom stereocenters. The first kappa shape index (κ1) is 15.8. The predicted octanol–water partition coefficient (Wildman–Crippen LogP) is 1.91. The highest BCUT2D eigenvalue weighted by atomic mass is 16.5. The van der Waals surface area contributed by atoms with Crippen LogP contribution >= 0.6 is 0 Å². The number of carbonyl (C=O) groups excluding carboxylic acids is 1. The van der Waals surface area contributed by atoms with Gasteiger partial charge in [-0.1, -0.05) is 26.0 Å². The lowest BCUT2D eigenvalue weighted by Crippen LogP contribution is -2.32. The van der Waals surface area contributed by atoms with E-state index >= 15 is 0 Å². The van der Waals surface area contributed by atoms with E-state index in [0.717, 1.165) is 11.3 Å². The lowest BCUT2D eigenvalue weighted by molar-refractivity contribution is 0.0919. The van der Waals surface area contributed by atoms with E-state index < -0.39 is 0 Å². The Morgan fingerprint density at radius 1 is 1.18 bits per heavy atom. The smallest absolute Gasteiger partial charge is 0.272 e. The third-order valence-corrected chi connectivity index (χ3v) is 3.34. The van der Waals surface area contributed by atoms with Crippen molar-refractivity contribution >= 4 is 5.91 Å². The molecule has 116 valence electrons. The summed E-state index contributed by atoms with van der Waals surface area (Å²) in [6.45, 7) is 4.05. The van der Waals surface area contributed by atoms with Gasteiger partial charge in [0.1, 0.15) is 11.4 Å². The second kappa shape index (κ2) is 6.89. The maximum absolute atomic E-state index is 12.2. The summed E-state index contributed by atoms with van der Waals surface area (Å²) in [6, 6.07) is 10.1. The zero-order valence-corrected chi connectivity index (χ0v) is 12.8. The molecule has 1 heterocycles. The topological polar surface area (TPSA) is 84.1 Å². The van der Waals surface area contributed by atoms with Crippen LogP contribution in [0.15, 0.2) is 41.2 Å². The van der Waals surface area contributed by atoms with Gasteiger partial charge in [0.2, 0.25) is 0 Å². The predicted molar refractivity (Wildman–Crippen MR) is 82.9 cm³/mol. The molecule has 2 N–H and O–H groups in total. The molecule has 0 saturated heterocycles. The lowest BCUT2D eigenvalue weighted by atomic mass is 9.96. The first-order chi connectivity index (χ1) is 10.5. The fourth-order valence-electron chi connectivity index (χ4n) is 2.13. The van der Waals surface area contributed by atoms with Crippen molar-refractivity contribution in [3.05, 3.63) is 58.0 Å². The molecular weight excluding hydrogens is 282 g/mol. The molecular formula is C16H19N3O3. The number of rotatable bonds is 5. The maximum Gasteiger partial charge on any atom is 0.272 e. The summed E-state index contributed by atoms with van der Waals surface area (Å²) in [6.07, 6.45) is 0. The van der Waals surface area contributed by atoms with E-state index in [1.807, 2.05) is 38.1 Å². The molecule has 0 saturated carbocycles. The third-order valence-electron chi connectivity index (χ3n) is 3.34. The van der Waals surface area contributed by atoms with Crippen molar-refractivity contribution in [3.8, 4) is 5.75 Å². The molecule has 1 aromatic carbocycles. The summed E-state index contributed by atoms with van der Waals surface area (Å²) in [7, 11) is 1.61. The number of ether oxygens (including phenoxy) is 1. The van der Waals surface area contributed by atoms with Gasteiger partial charge >= 0.3 is 0 Å². The fraction of sp³-hybridized carbons (Fsp3) is 0.312. The molecule has 1 aromatic heterocycles. The molecule has 0 aliphatic heterocycles. The number of nitrogens with zero attached hydrogens (tertiary/aromatic N) is 1. The molecule has 1 atom stereocenters. The number of nitrogens with one attached hydrogen (secondary N) is 2. The minimum absolute atomic E-state index is 0.160. The van der Waals surface area contributed by atoms with Crippen LogP contribution in [0.5, 0.6) is 5.75 Å². The Hall–Kier alpha value is -2.63. The number of H-pyrrole nitrogens is 1. The van der Waals surface area contributed by atoms with Gasteiger partial charge in [0.05, 0.1) is 13.2 Å². The summed E-state index contributed by atoms with van der Waals surface area (Å²) in [4.78, 5) is 23.2. The van der Waals surface area contributed by atoms with Crippen molar-refractivity contribution in [1.29, 1.82) is 0 Å². The Labute approximate surface area is 128 Å². The highest BCUT2D eigenvalue weighted by Gasteiger charge is 2.20. The average Bonchev–Trinajstić information content (AvgIpc) is 2.53. The van der Waals surface area contributed by atoms with E-state index in [1.165, 1.54) is 12.1 Å². The van der Waals surface area contributed by atoms with Gasteiger partial charge in [-0.05, 0) is 29.7 Å². The van der Waals surface area contributed by atoms with Crippen LogP contribution < -0.4 is 15.6 Å². The number of benzene rings is 1. The summed E-state index contributed by atoms with van der Waals surface area (Å²) < 4.78 is 5.14. The normalized spacial score (nSPS) is 12.0. The van der Waals surface area contributed by atoms with Gasteiger partial charge in [0.15, 0.2) is 0 Å². The van der Waals surface area contributed by atoms with Crippen LogP contribution in [0.3, 0.4) is 0 Å². The summed E-state index contributed by atoms with van der Waals surface area (Å²) >= 11 is 0. The van der Waals surface area contributed by atoms with Gasteiger partial charge in [-0.25, -0.2) is 5.10 Å². The first-order valence-electron chi connectivity index (χ1n) is 7.02. The molecule has 2 aromatic rings. The van der Waals surface area contributed by atoms with Crippen molar-refractivity contribution in [1.82, 2.24) is 15.5 Å². The molecule has 0 aliphatic rings. The van der Waals surface area contributed by atoms with Crippen LogP contribution in [-0.2, 0) is 0 Å². The van der Waals surface area contributed by atoms with Gasteiger partial charge in [0.25, 0.3) is 11.5 Å². The molecule has 0 bridgehead atoms.